The van der Waals surface area contributed by atoms with Crippen LogP contribution in [0.4, 0.5) is 5.69 Å². The van der Waals surface area contributed by atoms with Crippen molar-refractivity contribution in [1.29, 1.82) is 0 Å². The summed E-state index contributed by atoms with van der Waals surface area (Å²) < 4.78 is 7.22. The molecule has 0 aliphatic rings. The van der Waals surface area contributed by atoms with Crippen molar-refractivity contribution in [1.82, 2.24) is 20.1 Å². The Bertz CT molecular complexity index is 1180. The third kappa shape index (κ3) is 6.73. The molecular weight excluding hydrogens is 462 g/mol. The van der Waals surface area contributed by atoms with Gasteiger partial charge in [-0.05, 0) is 42.7 Å². The average molecular weight is 494 g/mol. The summed E-state index contributed by atoms with van der Waals surface area (Å²) in [7, 11) is 1.57. The monoisotopic (exact) mass is 493 g/mol. The van der Waals surface area contributed by atoms with Crippen LogP contribution in [0.5, 0.6) is 5.75 Å². The van der Waals surface area contributed by atoms with Crippen molar-refractivity contribution in [2.45, 2.75) is 38.5 Å². The number of allylic oxidation sites excluding steroid dienone is 1. The number of aryl methyl sites for hydroxylation is 1. The zero-order valence-electron chi connectivity index (χ0n) is 20.4. The smallest absolute Gasteiger partial charge is 0.251 e. The number of ether oxygens (including phenoxy) is 1. The molecule has 1 heterocycles. The van der Waals surface area contributed by atoms with Crippen LogP contribution in [0.2, 0.25) is 0 Å². The molecule has 9 heteroatoms. The summed E-state index contributed by atoms with van der Waals surface area (Å²) in [6.45, 7) is 10.3. The molecule has 0 fully saturated rings. The van der Waals surface area contributed by atoms with Crippen LogP contribution in [0.3, 0.4) is 0 Å². The molecule has 0 aliphatic heterocycles. The van der Waals surface area contributed by atoms with Crippen LogP contribution in [-0.2, 0) is 11.3 Å². The van der Waals surface area contributed by atoms with Gasteiger partial charge in [0.2, 0.25) is 5.91 Å². The predicted octanol–water partition coefficient (Wildman–Crippen LogP) is 4.64. The largest absolute Gasteiger partial charge is 0.495 e. The van der Waals surface area contributed by atoms with Gasteiger partial charge >= 0.3 is 0 Å². The fourth-order valence-electron chi connectivity index (χ4n) is 3.52. The van der Waals surface area contributed by atoms with E-state index in [2.05, 4.69) is 27.4 Å². The Hall–Kier alpha value is -3.59. The third-order valence-corrected chi connectivity index (χ3v) is 6.25. The second-order valence-corrected chi connectivity index (χ2v) is 9.28. The van der Waals surface area contributed by atoms with Gasteiger partial charge in [0, 0.05) is 12.1 Å². The molecule has 2 amide bonds. The van der Waals surface area contributed by atoms with Gasteiger partial charge in [0.05, 0.1) is 24.6 Å². The lowest BCUT2D eigenvalue weighted by Crippen LogP contribution is -2.33. The van der Waals surface area contributed by atoms with Crippen LogP contribution in [0, 0.1) is 12.8 Å². The lowest BCUT2D eigenvalue weighted by molar-refractivity contribution is -0.113. The first-order valence-corrected chi connectivity index (χ1v) is 12.3. The van der Waals surface area contributed by atoms with Crippen LogP contribution in [0.25, 0.3) is 0 Å². The highest BCUT2D eigenvalue weighted by atomic mass is 32.2. The first-order chi connectivity index (χ1) is 16.8. The van der Waals surface area contributed by atoms with Gasteiger partial charge in [-0.3, -0.25) is 9.59 Å². The quantitative estimate of drug-likeness (QED) is 0.298. The standard InChI is InChI=1S/C26H31N5O3S/c1-6-14-31-24(23(17(2)3)28-25(33)19-10-8-7-9-11-19)29-30-26(31)35-16-22(32)27-20-15-18(4)12-13-21(20)34-5/h6-13,15,17,23H,1,14,16H2,2-5H3,(H,27,32)(H,28,33)/t23-/m1/s1. The van der Waals surface area contributed by atoms with Gasteiger partial charge < -0.3 is 19.9 Å². The number of rotatable bonds is 11. The number of thioether (sulfide) groups is 1. The van der Waals surface area contributed by atoms with E-state index in [1.54, 1.807) is 25.3 Å². The molecule has 1 aromatic heterocycles. The molecule has 0 aliphatic carbocycles. The van der Waals surface area contributed by atoms with Crippen molar-refractivity contribution < 1.29 is 14.3 Å². The van der Waals surface area contributed by atoms with E-state index in [0.717, 1.165) is 5.56 Å². The molecule has 0 saturated carbocycles. The van der Waals surface area contributed by atoms with Gasteiger partial charge in [0.25, 0.3) is 5.91 Å². The summed E-state index contributed by atoms with van der Waals surface area (Å²) in [6.07, 6.45) is 1.74. The fourth-order valence-corrected chi connectivity index (χ4v) is 4.27. The normalized spacial score (nSPS) is 11.7. The lowest BCUT2D eigenvalue weighted by atomic mass is 10.0. The maximum Gasteiger partial charge on any atom is 0.251 e. The molecule has 1 atom stereocenters. The zero-order chi connectivity index (χ0) is 25.4. The van der Waals surface area contributed by atoms with Crippen molar-refractivity contribution >= 4 is 29.3 Å². The van der Waals surface area contributed by atoms with E-state index in [9.17, 15) is 9.59 Å². The van der Waals surface area contributed by atoms with Crippen molar-refractivity contribution in [2.24, 2.45) is 5.92 Å². The number of nitrogens with one attached hydrogen (secondary N) is 2. The number of aromatic nitrogens is 3. The average Bonchev–Trinajstić information content (AvgIpc) is 3.24. The van der Waals surface area contributed by atoms with Crippen LogP contribution in [0.1, 0.15) is 41.6 Å². The minimum absolute atomic E-state index is 0.0605. The number of carbonyl (C=O) groups is 2. The molecule has 3 aromatic rings. The van der Waals surface area contributed by atoms with Crippen molar-refractivity contribution in [3.05, 3.63) is 78.1 Å². The molecule has 0 radical (unpaired) electrons. The second kappa shape index (κ2) is 12.2. The minimum Gasteiger partial charge on any atom is -0.495 e. The van der Waals surface area contributed by atoms with Gasteiger partial charge in [-0.25, -0.2) is 0 Å². The number of methoxy groups -OCH3 is 1. The zero-order valence-corrected chi connectivity index (χ0v) is 21.3. The SMILES string of the molecule is C=CCn1c(SCC(=O)Nc2cc(C)ccc2OC)nnc1[C@H](NC(=O)c1ccccc1)C(C)C. The summed E-state index contributed by atoms with van der Waals surface area (Å²) in [6, 6.07) is 14.3. The first kappa shape index (κ1) is 26.0. The lowest BCUT2D eigenvalue weighted by Gasteiger charge is -2.22. The van der Waals surface area contributed by atoms with Gasteiger partial charge in [-0.1, -0.05) is 56.0 Å². The van der Waals surface area contributed by atoms with E-state index in [1.807, 2.05) is 61.7 Å². The summed E-state index contributed by atoms with van der Waals surface area (Å²) in [5.41, 5.74) is 2.21. The molecule has 2 N–H and O–H groups in total. The molecule has 0 bridgehead atoms. The number of carbonyl (C=O) groups excluding carboxylic acids is 2. The Morgan fingerprint density at radius 1 is 1.17 bits per heavy atom. The van der Waals surface area contributed by atoms with E-state index in [-0.39, 0.29) is 29.5 Å². The molecule has 2 aromatic carbocycles. The van der Waals surface area contributed by atoms with Crippen molar-refractivity contribution in [3.8, 4) is 5.75 Å². The van der Waals surface area contributed by atoms with Crippen LogP contribution >= 0.6 is 11.8 Å². The van der Waals surface area contributed by atoms with E-state index in [1.165, 1.54) is 11.8 Å². The predicted molar refractivity (Wildman–Crippen MR) is 139 cm³/mol. The Kier molecular flexibility index (Phi) is 9.08. The van der Waals surface area contributed by atoms with Gasteiger partial charge in [-0.2, -0.15) is 0 Å². The van der Waals surface area contributed by atoms with E-state index >= 15 is 0 Å². The molecule has 35 heavy (non-hydrogen) atoms. The minimum atomic E-state index is -0.366. The maximum absolute atomic E-state index is 12.8. The Morgan fingerprint density at radius 3 is 2.57 bits per heavy atom. The first-order valence-electron chi connectivity index (χ1n) is 11.3. The topological polar surface area (TPSA) is 98.1 Å². The Labute approximate surface area is 210 Å². The second-order valence-electron chi connectivity index (χ2n) is 8.34. The molecule has 3 rings (SSSR count). The number of benzene rings is 2. The number of hydrogen-bond donors (Lipinski definition) is 2. The third-order valence-electron chi connectivity index (χ3n) is 5.29. The highest BCUT2D eigenvalue weighted by Crippen LogP contribution is 2.28. The number of anilines is 1. The molecule has 184 valence electrons. The number of hydrogen-bond acceptors (Lipinski definition) is 6. The fraction of sp³-hybridized carbons (Fsp3) is 0.308. The van der Waals surface area contributed by atoms with Gasteiger partial charge in [0.1, 0.15) is 5.75 Å². The Balaban J connectivity index is 1.75. The summed E-state index contributed by atoms with van der Waals surface area (Å²) in [5.74, 6) is 1.04. The van der Waals surface area contributed by atoms with Crippen molar-refractivity contribution in [3.63, 3.8) is 0 Å². The summed E-state index contributed by atoms with van der Waals surface area (Å²) in [4.78, 5) is 25.5. The highest BCUT2D eigenvalue weighted by molar-refractivity contribution is 7.99. The van der Waals surface area contributed by atoms with E-state index < -0.39 is 0 Å². The molecule has 0 spiro atoms. The molecule has 0 unspecified atom stereocenters. The molecule has 8 nitrogen and oxygen atoms in total. The number of amides is 2. The van der Waals surface area contributed by atoms with E-state index in [0.29, 0.717) is 34.5 Å². The molecular formula is C26H31N5O3S. The highest BCUT2D eigenvalue weighted by Gasteiger charge is 2.26. The van der Waals surface area contributed by atoms with Gasteiger partial charge in [-0.15, -0.1) is 16.8 Å². The van der Waals surface area contributed by atoms with Crippen LogP contribution < -0.4 is 15.4 Å². The molecule has 0 saturated heterocycles. The van der Waals surface area contributed by atoms with Crippen LogP contribution in [0.15, 0.2) is 66.3 Å². The summed E-state index contributed by atoms with van der Waals surface area (Å²) in [5, 5.41) is 15.2. The van der Waals surface area contributed by atoms with E-state index in [4.69, 9.17) is 4.74 Å². The number of nitrogens with zero attached hydrogens (tertiary/aromatic N) is 3. The van der Waals surface area contributed by atoms with Crippen molar-refractivity contribution in [2.75, 3.05) is 18.2 Å². The van der Waals surface area contributed by atoms with Gasteiger partial charge in [0.15, 0.2) is 11.0 Å². The maximum atomic E-state index is 12.8. The Morgan fingerprint density at radius 2 is 1.91 bits per heavy atom. The van der Waals surface area contributed by atoms with Crippen LogP contribution in [-0.4, -0.2) is 39.4 Å². The summed E-state index contributed by atoms with van der Waals surface area (Å²) >= 11 is 1.27.